The molecule has 2 aromatic carbocycles. The van der Waals surface area contributed by atoms with Crippen molar-refractivity contribution in [1.29, 1.82) is 0 Å². The van der Waals surface area contributed by atoms with Gasteiger partial charge in [0.05, 0.1) is 5.71 Å². The van der Waals surface area contributed by atoms with Crippen molar-refractivity contribution in [2.24, 2.45) is 5.10 Å². The van der Waals surface area contributed by atoms with Crippen LogP contribution in [0.4, 0.5) is 0 Å². The fraction of sp³-hybridized carbons (Fsp3) is 0.174. The molecule has 1 aromatic heterocycles. The van der Waals surface area contributed by atoms with Gasteiger partial charge >= 0.3 is 0 Å². The van der Waals surface area contributed by atoms with E-state index in [9.17, 15) is 4.79 Å². The normalized spacial score (nSPS) is 11.9. The van der Waals surface area contributed by atoms with Gasteiger partial charge in [0.1, 0.15) is 0 Å². The molecule has 0 aliphatic carbocycles. The van der Waals surface area contributed by atoms with Gasteiger partial charge in [-0.15, -0.1) is 0 Å². The molecule has 0 atom stereocenters. The van der Waals surface area contributed by atoms with E-state index < -0.39 is 0 Å². The number of pyridine rings is 1. The van der Waals surface area contributed by atoms with E-state index in [2.05, 4.69) is 36.3 Å². The van der Waals surface area contributed by atoms with Gasteiger partial charge in [0.2, 0.25) is 0 Å². The Balaban J connectivity index is 1.85. The van der Waals surface area contributed by atoms with E-state index >= 15 is 0 Å². The van der Waals surface area contributed by atoms with E-state index in [1.807, 2.05) is 66.7 Å². The summed E-state index contributed by atoms with van der Waals surface area (Å²) in [4.78, 5) is 16.7. The van der Waals surface area contributed by atoms with Crippen molar-refractivity contribution in [3.05, 3.63) is 101 Å². The molecule has 3 rings (SSSR count). The third-order valence-electron chi connectivity index (χ3n) is 4.26. The van der Waals surface area contributed by atoms with Crippen molar-refractivity contribution in [2.75, 3.05) is 0 Å². The molecule has 0 spiro atoms. The number of carbonyl (C=O) groups excluding carboxylic acids is 1. The van der Waals surface area contributed by atoms with E-state index in [4.69, 9.17) is 0 Å². The molecule has 136 valence electrons. The lowest BCUT2D eigenvalue weighted by Crippen LogP contribution is -2.21. The fourth-order valence-electron chi connectivity index (χ4n) is 2.69. The number of carbonyl (C=O) groups is 1. The molecule has 0 aliphatic heterocycles. The van der Waals surface area contributed by atoms with Gasteiger partial charge in [-0.2, -0.15) is 5.10 Å². The number of benzene rings is 2. The minimum atomic E-state index is -0.243. The first-order valence-electron chi connectivity index (χ1n) is 8.89. The van der Waals surface area contributed by atoms with Crippen LogP contribution in [-0.4, -0.2) is 16.6 Å². The lowest BCUT2D eigenvalue weighted by Gasteiger charge is -2.18. The average Bonchev–Trinajstić information content (AvgIpc) is 2.69. The second-order valence-electron chi connectivity index (χ2n) is 7.34. The van der Waals surface area contributed by atoms with Crippen LogP contribution in [0.1, 0.15) is 47.8 Å². The number of hydrogen-bond acceptors (Lipinski definition) is 3. The third-order valence-corrected chi connectivity index (χ3v) is 4.26. The number of hydrazone groups is 1. The maximum absolute atomic E-state index is 12.5. The smallest absolute Gasteiger partial charge is 0.267 e. The second-order valence-corrected chi connectivity index (χ2v) is 7.34. The Morgan fingerprint density at radius 2 is 1.52 bits per heavy atom. The number of amides is 1. The number of aromatic nitrogens is 1. The first-order chi connectivity index (χ1) is 12.9. The van der Waals surface area contributed by atoms with E-state index in [-0.39, 0.29) is 11.3 Å². The number of rotatable bonds is 4. The van der Waals surface area contributed by atoms with E-state index in [1.54, 1.807) is 12.4 Å². The van der Waals surface area contributed by atoms with Gasteiger partial charge in [-0.3, -0.25) is 9.78 Å². The monoisotopic (exact) mass is 357 g/mol. The predicted octanol–water partition coefficient (Wildman–Crippen LogP) is 4.56. The van der Waals surface area contributed by atoms with Gasteiger partial charge < -0.3 is 0 Å². The van der Waals surface area contributed by atoms with Crippen LogP contribution in [0.15, 0.2) is 84.2 Å². The lowest BCUT2D eigenvalue weighted by molar-refractivity contribution is 0.0955. The minimum Gasteiger partial charge on any atom is -0.267 e. The van der Waals surface area contributed by atoms with Gasteiger partial charge in [-0.1, -0.05) is 63.2 Å². The molecule has 0 bridgehead atoms. The maximum atomic E-state index is 12.5. The van der Waals surface area contributed by atoms with Crippen LogP contribution < -0.4 is 5.43 Å². The first-order valence-corrected chi connectivity index (χ1v) is 8.89. The molecule has 4 heteroatoms. The van der Waals surface area contributed by atoms with Crippen LogP contribution >= 0.6 is 0 Å². The van der Waals surface area contributed by atoms with Gasteiger partial charge in [0.25, 0.3) is 5.91 Å². The molecule has 27 heavy (non-hydrogen) atoms. The van der Waals surface area contributed by atoms with Crippen LogP contribution in [0.25, 0.3) is 0 Å². The summed E-state index contributed by atoms with van der Waals surface area (Å²) in [6.07, 6.45) is 3.44. The molecule has 1 N–H and O–H groups in total. The molecule has 0 saturated carbocycles. The molecule has 1 amide bonds. The van der Waals surface area contributed by atoms with Crippen molar-refractivity contribution in [2.45, 2.75) is 26.2 Å². The van der Waals surface area contributed by atoms with Crippen LogP contribution in [0.5, 0.6) is 0 Å². The van der Waals surface area contributed by atoms with E-state index in [0.717, 1.165) is 11.1 Å². The largest absolute Gasteiger partial charge is 0.271 e. The van der Waals surface area contributed by atoms with Gasteiger partial charge in [-0.05, 0) is 35.2 Å². The highest BCUT2D eigenvalue weighted by atomic mass is 16.2. The Morgan fingerprint density at radius 3 is 2.11 bits per heavy atom. The fourth-order valence-corrected chi connectivity index (χ4v) is 2.69. The third kappa shape index (κ3) is 4.67. The van der Waals surface area contributed by atoms with Crippen molar-refractivity contribution >= 4 is 11.6 Å². The van der Waals surface area contributed by atoms with Crippen molar-refractivity contribution in [3.63, 3.8) is 0 Å². The van der Waals surface area contributed by atoms with Gasteiger partial charge in [-0.25, -0.2) is 5.43 Å². The Bertz CT molecular complexity index is 883. The Kier molecular flexibility index (Phi) is 5.46. The van der Waals surface area contributed by atoms with Crippen molar-refractivity contribution in [3.8, 4) is 0 Å². The van der Waals surface area contributed by atoms with E-state index in [1.165, 1.54) is 5.56 Å². The molecule has 0 fully saturated rings. The summed E-state index contributed by atoms with van der Waals surface area (Å²) in [5.74, 6) is -0.243. The summed E-state index contributed by atoms with van der Waals surface area (Å²) in [6.45, 7) is 6.44. The molecule has 0 saturated heterocycles. The quantitative estimate of drug-likeness (QED) is 0.550. The molecular formula is C23H23N3O. The lowest BCUT2D eigenvalue weighted by atomic mass is 9.87. The summed E-state index contributed by atoms with van der Waals surface area (Å²) in [5, 5.41) is 4.39. The van der Waals surface area contributed by atoms with Gasteiger partial charge in [0, 0.05) is 29.1 Å². The molecule has 4 nitrogen and oxygen atoms in total. The summed E-state index contributed by atoms with van der Waals surface area (Å²) in [7, 11) is 0. The van der Waals surface area contributed by atoms with Crippen molar-refractivity contribution < 1.29 is 4.79 Å². The zero-order valence-electron chi connectivity index (χ0n) is 15.8. The standard InChI is InChI=1S/C23H23N3O/c1-23(2,3)20-13-11-18(12-14-20)22(27)26-25-21(17-8-5-4-6-9-17)19-10-7-15-24-16-19/h4-16H,1-3H3,(H,26,27)/b25-21+. The Labute approximate surface area is 160 Å². The zero-order valence-corrected chi connectivity index (χ0v) is 15.8. The summed E-state index contributed by atoms with van der Waals surface area (Å²) in [6, 6.07) is 21.1. The molecule has 0 radical (unpaired) electrons. The zero-order chi connectivity index (χ0) is 19.3. The van der Waals surface area contributed by atoms with Crippen LogP contribution in [0, 0.1) is 0 Å². The SMILES string of the molecule is CC(C)(C)c1ccc(C(=O)N/N=C(\c2ccccc2)c2cccnc2)cc1. The number of nitrogens with one attached hydrogen (secondary N) is 1. The number of nitrogens with zero attached hydrogens (tertiary/aromatic N) is 2. The van der Waals surface area contributed by atoms with Crippen LogP contribution in [0.2, 0.25) is 0 Å². The van der Waals surface area contributed by atoms with Gasteiger partial charge in [0.15, 0.2) is 0 Å². The minimum absolute atomic E-state index is 0.0496. The summed E-state index contributed by atoms with van der Waals surface area (Å²) >= 11 is 0. The highest BCUT2D eigenvalue weighted by Crippen LogP contribution is 2.22. The molecule has 1 heterocycles. The number of hydrogen-bond donors (Lipinski definition) is 1. The topological polar surface area (TPSA) is 54.4 Å². The van der Waals surface area contributed by atoms with Crippen LogP contribution in [-0.2, 0) is 5.41 Å². The highest BCUT2D eigenvalue weighted by Gasteiger charge is 2.14. The van der Waals surface area contributed by atoms with E-state index in [0.29, 0.717) is 11.3 Å². The Hall–Kier alpha value is -3.27. The average molecular weight is 357 g/mol. The molecular weight excluding hydrogens is 334 g/mol. The maximum Gasteiger partial charge on any atom is 0.271 e. The molecule has 3 aromatic rings. The molecule has 0 unspecified atom stereocenters. The first kappa shape index (κ1) is 18.5. The predicted molar refractivity (Wildman–Crippen MR) is 109 cm³/mol. The Morgan fingerprint density at radius 1 is 0.852 bits per heavy atom. The molecule has 0 aliphatic rings. The second kappa shape index (κ2) is 7.96. The van der Waals surface area contributed by atoms with Crippen molar-refractivity contribution in [1.82, 2.24) is 10.4 Å². The highest BCUT2D eigenvalue weighted by molar-refractivity contribution is 6.13. The van der Waals surface area contributed by atoms with Crippen LogP contribution in [0.3, 0.4) is 0 Å². The summed E-state index contributed by atoms with van der Waals surface area (Å²) in [5.41, 5.74) is 6.90. The summed E-state index contributed by atoms with van der Waals surface area (Å²) < 4.78 is 0.